The van der Waals surface area contributed by atoms with Crippen molar-refractivity contribution in [1.82, 2.24) is 0 Å². The molecule has 0 unspecified atom stereocenters. The van der Waals surface area contributed by atoms with Crippen LogP contribution in [0.1, 0.15) is 27.7 Å². The number of hydrogen-bond acceptors (Lipinski definition) is 2. The van der Waals surface area contributed by atoms with Crippen LogP contribution in [0.25, 0.3) is 0 Å². The van der Waals surface area contributed by atoms with E-state index in [-0.39, 0.29) is 0 Å². The van der Waals surface area contributed by atoms with Gasteiger partial charge in [-0.1, -0.05) is 0 Å². The van der Waals surface area contributed by atoms with E-state index in [1.54, 1.807) is 27.7 Å². The average Bonchev–Trinajstić information content (AvgIpc) is 1.72. The van der Waals surface area contributed by atoms with Gasteiger partial charge in [-0.2, -0.15) is 6.92 Å². The molecule has 0 spiro atoms. The van der Waals surface area contributed by atoms with Crippen molar-refractivity contribution in [3.63, 3.8) is 0 Å². The van der Waals surface area contributed by atoms with Crippen molar-refractivity contribution >= 4 is 0 Å². The molecule has 0 aromatic carbocycles. The van der Waals surface area contributed by atoms with Crippen LogP contribution in [0.4, 0.5) is 0 Å². The molecule has 0 aromatic rings. The first-order valence-electron chi connectivity index (χ1n) is 2.63. The van der Waals surface area contributed by atoms with E-state index in [1.807, 2.05) is 0 Å². The Labute approximate surface area is 69.4 Å². The quantitative estimate of drug-likeness (QED) is 0.438. The Bertz CT molecular complexity index is 34.8. The zero-order valence-electron chi connectivity index (χ0n) is 6.56. The molecule has 0 amide bonds. The molecule has 0 saturated carbocycles. The Kier molecular flexibility index (Phi) is 20.4. The Morgan fingerprint density at radius 3 is 1.22 bits per heavy atom. The van der Waals surface area contributed by atoms with Crippen LogP contribution in [0, 0.1) is 6.92 Å². The molecule has 0 saturated heterocycles. The second-order valence-electron chi connectivity index (χ2n) is 2.17. The standard InChI is InChI=1S/C4H10O.C2H5.O.Ti/c1-4(2,3)5;1-2;;/h5H,1-3H3;1H2,2H3;;/q;-1;;+1. The Hall–Kier alpha value is 0.474. The van der Waals surface area contributed by atoms with Gasteiger partial charge < -0.3 is 12.0 Å². The van der Waals surface area contributed by atoms with Crippen LogP contribution in [-0.2, 0) is 23.7 Å². The van der Waals surface area contributed by atoms with E-state index in [9.17, 15) is 0 Å². The third kappa shape index (κ3) is 1580. The molecule has 0 aliphatic carbocycles. The molecule has 55 valence electrons. The molecule has 0 aromatic heterocycles. The van der Waals surface area contributed by atoms with Crippen LogP contribution >= 0.6 is 0 Å². The van der Waals surface area contributed by atoms with Crippen LogP contribution in [-0.4, -0.2) is 10.7 Å². The summed E-state index contributed by atoms with van der Waals surface area (Å²) in [5.74, 6) is 0. The minimum atomic E-state index is -0.500. The van der Waals surface area contributed by atoms with E-state index in [4.69, 9.17) is 8.43 Å². The predicted molar refractivity (Wildman–Crippen MR) is 33.7 cm³/mol. The van der Waals surface area contributed by atoms with Crippen LogP contribution in [0.2, 0.25) is 0 Å². The van der Waals surface area contributed by atoms with Crippen molar-refractivity contribution < 1.29 is 28.8 Å². The van der Waals surface area contributed by atoms with Gasteiger partial charge in [0.2, 0.25) is 0 Å². The number of aliphatic hydroxyl groups is 1. The maximum absolute atomic E-state index is 8.52. The Morgan fingerprint density at radius 2 is 1.22 bits per heavy atom. The molecule has 0 radical (unpaired) electrons. The normalized spacial score (nSPS) is 8.00. The van der Waals surface area contributed by atoms with Crippen LogP contribution in [0.5, 0.6) is 0 Å². The number of hydrogen-bond donors (Lipinski definition) is 1. The zero-order valence-corrected chi connectivity index (χ0v) is 8.12. The molecule has 2 nitrogen and oxygen atoms in total. The fourth-order valence-corrected chi connectivity index (χ4v) is 0. The predicted octanol–water partition coefficient (Wildman–Crippen LogP) is 1.50. The topological polar surface area (TPSA) is 37.3 Å². The first-order valence-corrected chi connectivity index (χ1v) is 3.27. The average molecular weight is 167 g/mol. The van der Waals surface area contributed by atoms with Crippen molar-refractivity contribution in [3.8, 4) is 0 Å². The van der Waals surface area contributed by atoms with Gasteiger partial charge in [0, 0.05) is 0 Å². The molecule has 0 atom stereocenters. The summed E-state index contributed by atoms with van der Waals surface area (Å²) in [7, 11) is 0. The molecule has 0 rings (SSSR count). The second-order valence-corrected chi connectivity index (χ2v) is 2.17. The van der Waals surface area contributed by atoms with Crippen LogP contribution < -0.4 is 0 Å². The fraction of sp³-hybridized carbons (Fsp3) is 0.833. The molecular formula is C6H15O2Ti. The Balaban J connectivity index is -0.0000000771. The maximum atomic E-state index is 8.52. The summed E-state index contributed by atoms with van der Waals surface area (Å²) in [6.07, 6.45) is 0. The van der Waals surface area contributed by atoms with Gasteiger partial charge in [0.15, 0.2) is 0 Å². The van der Waals surface area contributed by atoms with Crippen molar-refractivity contribution in [2.24, 2.45) is 0 Å². The van der Waals surface area contributed by atoms with Crippen molar-refractivity contribution in [2.45, 2.75) is 33.3 Å². The zero-order chi connectivity index (χ0) is 8.50. The SMILES string of the molecule is CC(C)(C)O.[CH2-]C.[O]=[Ti+]. The van der Waals surface area contributed by atoms with E-state index < -0.39 is 5.60 Å². The number of rotatable bonds is 0. The van der Waals surface area contributed by atoms with E-state index >= 15 is 0 Å². The van der Waals surface area contributed by atoms with Gasteiger partial charge in [-0.15, -0.1) is 0 Å². The fourth-order valence-electron chi connectivity index (χ4n) is 0. The van der Waals surface area contributed by atoms with E-state index in [2.05, 4.69) is 6.92 Å². The van der Waals surface area contributed by atoms with Gasteiger partial charge >= 0.3 is 23.7 Å². The molecule has 3 heteroatoms. The minimum absolute atomic E-state index is 0.500. The summed E-state index contributed by atoms with van der Waals surface area (Å²) >= 11 is 0.750. The molecule has 0 bridgehead atoms. The van der Waals surface area contributed by atoms with Gasteiger partial charge in [0.1, 0.15) is 0 Å². The summed E-state index contributed by atoms with van der Waals surface area (Å²) in [6.45, 7) is 10.2. The van der Waals surface area contributed by atoms with Crippen LogP contribution in [0.3, 0.4) is 0 Å². The van der Waals surface area contributed by atoms with Gasteiger partial charge in [0.25, 0.3) is 0 Å². The first-order chi connectivity index (χ1) is 4.00. The first kappa shape index (κ1) is 16.2. The molecule has 0 aliphatic rings. The van der Waals surface area contributed by atoms with E-state index in [0.717, 1.165) is 20.4 Å². The van der Waals surface area contributed by atoms with Crippen molar-refractivity contribution in [2.75, 3.05) is 0 Å². The van der Waals surface area contributed by atoms with E-state index in [0.29, 0.717) is 0 Å². The Morgan fingerprint density at radius 1 is 1.22 bits per heavy atom. The summed E-state index contributed by atoms with van der Waals surface area (Å²) in [6, 6.07) is 0. The molecular weight excluding hydrogens is 152 g/mol. The van der Waals surface area contributed by atoms with Gasteiger partial charge in [-0.05, 0) is 20.8 Å². The van der Waals surface area contributed by atoms with Crippen molar-refractivity contribution in [3.05, 3.63) is 6.92 Å². The summed E-state index contributed by atoms with van der Waals surface area (Å²) in [5, 5.41) is 8.52. The summed E-state index contributed by atoms with van der Waals surface area (Å²) in [4.78, 5) is 0. The monoisotopic (exact) mass is 167 g/mol. The van der Waals surface area contributed by atoms with Crippen LogP contribution in [0.15, 0.2) is 0 Å². The van der Waals surface area contributed by atoms with Gasteiger partial charge in [-0.25, -0.2) is 0 Å². The molecule has 0 heterocycles. The molecule has 1 N–H and O–H groups in total. The molecule has 9 heavy (non-hydrogen) atoms. The van der Waals surface area contributed by atoms with Gasteiger partial charge in [-0.3, -0.25) is 0 Å². The van der Waals surface area contributed by atoms with E-state index in [1.165, 1.54) is 0 Å². The molecule has 0 aliphatic heterocycles. The van der Waals surface area contributed by atoms with Crippen molar-refractivity contribution in [1.29, 1.82) is 0 Å². The molecule has 0 fully saturated rings. The third-order valence-corrected chi connectivity index (χ3v) is 0. The van der Waals surface area contributed by atoms with Gasteiger partial charge in [0.05, 0.1) is 5.60 Å². The summed E-state index contributed by atoms with van der Waals surface area (Å²) in [5.41, 5.74) is -0.500. The second kappa shape index (κ2) is 11.3. The third-order valence-electron chi connectivity index (χ3n) is 0. The summed E-state index contributed by atoms with van der Waals surface area (Å²) < 4.78 is 8.25.